The second-order valence-electron chi connectivity index (χ2n) is 6.94. The van der Waals surface area contributed by atoms with Gasteiger partial charge in [0.25, 0.3) is 0 Å². The van der Waals surface area contributed by atoms with Crippen LogP contribution in [0.3, 0.4) is 0 Å². The summed E-state index contributed by atoms with van der Waals surface area (Å²) >= 11 is 3.42. The molecule has 1 aliphatic rings. The fraction of sp³-hybridized carbons (Fsp3) is 0.588. The zero-order valence-corrected chi connectivity index (χ0v) is 16.4. The Morgan fingerprint density at radius 3 is 2.61 bits per heavy atom. The van der Waals surface area contributed by atoms with Crippen molar-refractivity contribution in [3.8, 4) is 0 Å². The molecule has 1 aromatic carbocycles. The SMILES string of the molecule is CC(NC(=O)CN1CCC(N)C(C)(C)C1)c1ccc(Br)cc1.Cl. The number of piperidine rings is 1. The van der Waals surface area contributed by atoms with E-state index in [1.807, 2.05) is 31.2 Å². The molecule has 0 aromatic heterocycles. The number of carbonyl (C=O) groups excluding carboxylic acids is 1. The van der Waals surface area contributed by atoms with Gasteiger partial charge in [0.2, 0.25) is 5.91 Å². The Morgan fingerprint density at radius 2 is 2.04 bits per heavy atom. The Bertz CT molecular complexity index is 521. The highest BCUT2D eigenvalue weighted by atomic mass is 79.9. The van der Waals surface area contributed by atoms with Crippen molar-refractivity contribution >= 4 is 34.2 Å². The summed E-state index contributed by atoms with van der Waals surface area (Å²) in [4.78, 5) is 14.5. The summed E-state index contributed by atoms with van der Waals surface area (Å²) in [6.45, 7) is 8.56. The lowest BCUT2D eigenvalue weighted by molar-refractivity contribution is -0.123. The molecule has 0 saturated carbocycles. The molecule has 130 valence electrons. The van der Waals surface area contributed by atoms with E-state index in [1.54, 1.807) is 0 Å². The molecule has 2 atom stereocenters. The van der Waals surface area contributed by atoms with E-state index in [9.17, 15) is 4.79 Å². The van der Waals surface area contributed by atoms with Crippen molar-refractivity contribution in [3.63, 3.8) is 0 Å². The Hall–Kier alpha value is -0.620. The van der Waals surface area contributed by atoms with Crippen molar-refractivity contribution in [2.75, 3.05) is 19.6 Å². The number of hydrogen-bond acceptors (Lipinski definition) is 3. The molecule has 4 nitrogen and oxygen atoms in total. The van der Waals surface area contributed by atoms with Crippen LogP contribution in [-0.2, 0) is 4.79 Å². The van der Waals surface area contributed by atoms with Crippen LogP contribution in [0.1, 0.15) is 38.8 Å². The summed E-state index contributed by atoms with van der Waals surface area (Å²) in [7, 11) is 0. The number of amides is 1. The fourth-order valence-corrected chi connectivity index (χ4v) is 3.21. The molecule has 23 heavy (non-hydrogen) atoms. The second kappa shape index (κ2) is 8.47. The van der Waals surface area contributed by atoms with Gasteiger partial charge in [0.15, 0.2) is 0 Å². The largest absolute Gasteiger partial charge is 0.348 e. The number of nitrogens with two attached hydrogens (primary N) is 1. The van der Waals surface area contributed by atoms with Crippen molar-refractivity contribution in [3.05, 3.63) is 34.3 Å². The summed E-state index contributed by atoms with van der Waals surface area (Å²) < 4.78 is 1.04. The van der Waals surface area contributed by atoms with E-state index in [1.165, 1.54) is 0 Å². The predicted molar refractivity (Wildman–Crippen MR) is 101 cm³/mol. The maximum absolute atomic E-state index is 12.3. The van der Waals surface area contributed by atoms with Crippen LogP contribution in [0.4, 0.5) is 0 Å². The highest BCUT2D eigenvalue weighted by Gasteiger charge is 2.33. The molecule has 1 aromatic rings. The molecule has 6 heteroatoms. The minimum atomic E-state index is 0. The van der Waals surface area contributed by atoms with Crippen LogP contribution >= 0.6 is 28.3 Å². The lowest BCUT2D eigenvalue weighted by Crippen LogP contribution is -2.54. The van der Waals surface area contributed by atoms with Crippen LogP contribution < -0.4 is 11.1 Å². The first kappa shape index (κ1) is 20.4. The van der Waals surface area contributed by atoms with E-state index in [0.29, 0.717) is 6.54 Å². The van der Waals surface area contributed by atoms with E-state index < -0.39 is 0 Å². The number of nitrogens with one attached hydrogen (secondary N) is 1. The molecule has 0 radical (unpaired) electrons. The van der Waals surface area contributed by atoms with Crippen molar-refractivity contribution in [1.82, 2.24) is 10.2 Å². The molecule has 1 saturated heterocycles. The first-order valence-corrected chi connectivity index (χ1v) is 8.60. The third-order valence-corrected chi connectivity index (χ3v) is 5.03. The zero-order chi connectivity index (χ0) is 16.3. The van der Waals surface area contributed by atoms with Gasteiger partial charge in [-0.15, -0.1) is 12.4 Å². The zero-order valence-electron chi connectivity index (χ0n) is 14.0. The molecule has 0 bridgehead atoms. The lowest BCUT2D eigenvalue weighted by atomic mass is 9.80. The van der Waals surface area contributed by atoms with Crippen molar-refractivity contribution < 1.29 is 4.79 Å². The first-order valence-electron chi connectivity index (χ1n) is 7.81. The number of rotatable bonds is 4. The smallest absolute Gasteiger partial charge is 0.234 e. The molecule has 1 amide bonds. The molecule has 1 heterocycles. The molecule has 2 unspecified atom stereocenters. The summed E-state index contributed by atoms with van der Waals surface area (Å²) in [6, 6.07) is 8.27. The number of nitrogens with zero attached hydrogens (tertiary/aromatic N) is 1. The highest BCUT2D eigenvalue weighted by molar-refractivity contribution is 9.10. The summed E-state index contributed by atoms with van der Waals surface area (Å²) in [5, 5.41) is 3.07. The summed E-state index contributed by atoms with van der Waals surface area (Å²) in [6.07, 6.45) is 0.947. The third kappa shape index (κ3) is 5.75. The van der Waals surface area contributed by atoms with E-state index >= 15 is 0 Å². The third-order valence-electron chi connectivity index (χ3n) is 4.51. The van der Waals surface area contributed by atoms with E-state index in [-0.39, 0.29) is 35.8 Å². The van der Waals surface area contributed by atoms with Gasteiger partial charge in [-0.2, -0.15) is 0 Å². The number of hydrogen-bond donors (Lipinski definition) is 2. The number of carbonyl (C=O) groups is 1. The second-order valence-corrected chi connectivity index (χ2v) is 7.85. The van der Waals surface area contributed by atoms with Gasteiger partial charge in [-0.25, -0.2) is 0 Å². The van der Waals surface area contributed by atoms with E-state index in [4.69, 9.17) is 5.73 Å². The maximum atomic E-state index is 12.3. The molecular weight excluding hydrogens is 378 g/mol. The van der Waals surface area contributed by atoms with Crippen molar-refractivity contribution in [2.45, 2.75) is 39.3 Å². The predicted octanol–water partition coefficient (Wildman–Crippen LogP) is 3.11. The molecule has 1 fully saturated rings. The average Bonchev–Trinajstić information content (AvgIpc) is 2.43. The summed E-state index contributed by atoms with van der Waals surface area (Å²) in [5.74, 6) is 0.0710. The van der Waals surface area contributed by atoms with Gasteiger partial charge in [0, 0.05) is 23.6 Å². The van der Waals surface area contributed by atoms with Crippen molar-refractivity contribution in [1.29, 1.82) is 0 Å². The number of halogens is 2. The minimum absolute atomic E-state index is 0. The van der Waals surface area contributed by atoms with Gasteiger partial charge in [-0.05, 0) is 36.5 Å². The number of benzene rings is 1. The van der Waals surface area contributed by atoms with Crippen LogP contribution in [0.15, 0.2) is 28.7 Å². The van der Waals surface area contributed by atoms with Gasteiger partial charge < -0.3 is 11.1 Å². The summed E-state index contributed by atoms with van der Waals surface area (Å²) in [5.41, 5.74) is 7.32. The Kier molecular flexibility index (Phi) is 7.52. The molecule has 3 N–H and O–H groups in total. The first-order chi connectivity index (χ1) is 10.3. The Morgan fingerprint density at radius 1 is 1.43 bits per heavy atom. The van der Waals surface area contributed by atoms with Crippen LogP contribution in [-0.4, -0.2) is 36.5 Å². The maximum Gasteiger partial charge on any atom is 0.234 e. The average molecular weight is 405 g/mol. The van der Waals surface area contributed by atoms with E-state index in [2.05, 4.69) is 40.0 Å². The van der Waals surface area contributed by atoms with Crippen molar-refractivity contribution in [2.24, 2.45) is 11.1 Å². The monoisotopic (exact) mass is 403 g/mol. The van der Waals surface area contributed by atoms with E-state index in [0.717, 1.165) is 29.5 Å². The number of likely N-dealkylation sites (tertiary alicyclic amines) is 1. The Labute approximate surface area is 153 Å². The van der Waals surface area contributed by atoms with Gasteiger partial charge in [0.05, 0.1) is 12.6 Å². The van der Waals surface area contributed by atoms with Gasteiger partial charge in [0.1, 0.15) is 0 Å². The standard InChI is InChI=1S/C17H26BrN3O.ClH/c1-12(13-4-6-14(18)7-5-13)20-16(22)10-21-9-8-15(19)17(2,3)11-21;/h4-7,12,15H,8-11,19H2,1-3H3,(H,20,22);1H. The lowest BCUT2D eigenvalue weighted by Gasteiger charge is -2.42. The fourth-order valence-electron chi connectivity index (χ4n) is 2.94. The molecule has 0 aliphatic carbocycles. The topological polar surface area (TPSA) is 58.4 Å². The molecule has 1 aliphatic heterocycles. The quantitative estimate of drug-likeness (QED) is 0.810. The van der Waals surface area contributed by atoms with Gasteiger partial charge in [-0.3, -0.25) is 9.69 Å². The molecule has 2 rings (SSSR count). The van der Waals surface area contributed by atoms with Gasteiger partial charge >= 0.3 is 0 Å². The van der Waals surface area contributed by atoms with Crippen LogP contribution in [0, 0.1) is 5.41 Å². The Balaban J connectivity index is 0.00000264. The van der Waals surface area contributed by atoms with Crippen LogP contribution in [0.5, 0.6) is 0 Å². The normalized spacial score (nSPS) is 22.0. The van der Waals surface area contributed by atoms with Crippen LogP contribution in [0.25, 0.3) is 0 Å². The molecular formula is C17H27BrClN3O. The molecule has 0 spiro atoms. The van der Waals surface area contributed by atoms with Crippen LogP contribution in [0.2, 0.25) is 0 Å². The minimum Gasteiger partial charge on any atom is -0.348 e. The highest BCUT2D eigenvalue weighted by Crippen LogP contribution is 2.27. The van der Waals surface area contributed by atoms with Gasteiger partial charge in [-0.1, -0.05) is 41.9 Å².